The first-order valence-corrected chi connectivity index (χ1v) is 8.13. The molecule has 0 atom stereocenters. The van der Waals surface area contributed by atoms with Gasteiger partial charge in [-0.05, 0) is 19.4 Å². The van der Waals surface area contributed by atoms with Crippen LogP contribution in [0, 0.1) is 11.6 Å². The molecule has 0 aliphatic rings. The number of carbonyl (C=O) groups is 1. The third-order valence-electron chi connectivity index (χ3n) is 3.64. The lowest BCUT2D eigenvalue weighted by atomic mass is 10.2. The van der Waals surface area contributed by atoms with E-state index >= 15 is 0 Å². The zero-order valence-corrected chi connectivity index (χ0v) is 14.1. The Labute approximate surface area is 147 Å². The Balaban J connectivity index is 1.75. The molecular weight excluding hydrogens is 344 g/mol. The minimum Gasteiger partial charge on any atom is -0.466 e. The molecule has 0 amide bonds. The van der Waals surface area contributed by atoms with E-state index in [1.165, 1.54) is 6.07 Å². The number of halogens is 2. The summed E-state index contributed by atoms with van der Waals surface area (Å²) in [6, 6.07) is 1.31. The van der Waals surface area contributed by atoms with E-state index in [-0.39, 0.29) is 24.0 Å². The molecule has 3 heterocycles. The standard InChI is InChI=1S/C17H17F2N5O2/c1-2-26-14(25)4-3-5-20-17-13(19)9-23-16(24-17)12-8-22-15-11(12)6-10(18)7-21-15/h6-9H,2-5H2,1H3,(H,21,22)(H,20,23,24). The maximum atomic E-state index is 13.9. The molecule has 0 spiro atoms. The van der Waals surface area contributed by atoms with Crippen LogP contribution in [0.1, 0.15) is 19.8 Å². The highest BCUT2D eigenvalue weighted by Gasteiger charge is 2.14. The van der Waals surface area contributed by atoms with Gasteiger partial charge in [-0.15, -0.1) is 0 Å². The second-order valence-corrected chi connectivity index (χ2v) is 5.48. The average Bonchev–Trinajstić information content (AvgIpc) is 3.03. The summed E-state index contributed by atoms with van der Waals surface area (Å²) < 4.78 is 32.2. The number of esters is 1. The van der Waals surface area contributed by atoms with Crippen LogP contribution >= 0.6 is 0 Å². The van der Waals surface area contributed by atoms with E-state index in [4.69, 9.17) is 4.74 Å². The van der Waals surface area contributed by atoms with Gasteiger partial charge in [0.15, 0.2) is 17.5 Å². The number of hydrogen-bond acceptors (Lipinski definition) is 6. The Hall–Kier alpha value is -3.10. The lowest BCUT2D eigenvalue weighted by Gasteiger charge is -2.08. The monoisotopic (exact) mass is 361 g/mol. The van der Waals surface area contributed by atoms with Gasteiger partial charge in [0.25, 0.3) is 0 Å². The summed E-state index contributed by atoms with van der Waals surface area (Å²) in [6.45, 7) is 2.41. The molecule has 2 N–H and O–H groups in total. The Bertz CT molecular complexity index is 929. The number of nitrogens with zero attached hydrogens (tertiary/aromatic N) is 3. The molecule has 0 bridgehead atoms. The maximum absolute atomic E-state index is 13.9. The average molecular weight is 361 g/mol. The Kier molecular flexibility index (Phi) is 5.35. The fraction of sp³-hybridized carbons (Fsp3) is 0.294. The number of pyridine rings is 1. The lowest BCUT2D eigenvalue weighted by molar-refractivity contribution is -0.143. The molecule has 0 aliphatic heterocycles. The van der Waals surface area contributed by atoms with E-state index in [0.29, 0.717) is 36.2 Å². The number of fused-ring (bicyclic) bond motifs is 1. The molecule has 0 aromatic carbocycles. The number of aromatic amines is 1. The highest BCUT2D eigenvalue weighted by molar-refractivity contribution is 5.91. The predicted molar refractivity (Wildman–Crippen MR) is 91.4 cm³/mol. The van der Waals surface area contributed by atoms with Gasteiger partial charge in [-0.25, -0.2) is 23.7 Å². The summed E-state index contributed by atoms with van der Waals surface area (Å²) in [5.74, 6) is -1.16. The quantitative estimate of drug-likeness (QED) is 0.496. The van der Waals surface area contributed by atoms with Crippen molar-refractivity contribution in [3.63, 3.8) is 0 Å². The van der Waals surface area contributed by atoms with Crippen molar-refractivity contribution in [2.75, 3.05) is 18.5 Å². The molecule has 26 heavy (non-hydrogen) atoms. The van der Waals surface area contributed by atoms with Crippen LogP contribution in [-0.4, -0.2) is 39.1 Å². The van der Waals surface area contributed by atoms with Crippen LogP contribution in [0.2, 0.25) is 0 Å². The Morgan fingerprint density at radius 1 is 1.31 bits per heavy atom. The molecule has 0 saturated carbocycles. The predicted octanol–water partition coefficient (Wildman–Crippen LogP) is 3.05. The summed E-state index contributed by atoms with van der Waals surface area (Å²) >= 11 is 0. The summed E-state index contributed by atoms with van der Waals surface area (Å²) in [6.07, 6.45) is 4.44. The second-order valence-electron chi connectivity index (χ2n) is 5.48. The van der Waals surface area contributed by atoms with Crippen molar-refractivity contribution in [3.8, 4) is 11.4 Å². The zero-order valence-electron chi connectivity index (χ0n) is 14.1. The molecule has 9 heteroatoms. The number of carbonyl (C=O) groups excluding carboxylic acids is 1. The number of H-pyrrole nitrogens is 1. The van der Waals surface area contributed by atoms with Crippen molar-refractivity contribution in [1.82, 2.24) is 19.9 Å². The fourth-order valence-corrected chi connectivity index (χ4v) is 2.46. The van der Waals surface area contributed by atoms with Crippen LogP contribution in [-0.2, 0) is 9.53 Å². The van der Waals surface area contributed by atoms with Crippen LogP contribution in [0.15, 0.2) is 24.7 Å². The van der Waals surface area contributed by atoms with Crippen molar-refractivity contribution < 1.29 is 18.3 Å². The van der Waals surface area contributed by atoms with Crippen molar-refractivity contribution >= 4 is 22.8 Å². The minimum absolute atomic E-state index is 0.0116. The third kappa shape index (κ3) is 3.93. The molecule has 7 nitrogen and oxygen atoms in total. The summed E-state index contributed by atoms with van der Waals surface area (Å²) in [7, 11) is 0. The highest BCUT2D eigenvalue weighted by Crippen LogP contribution is 2.26. The van der Waals surface area contributed by atoms with Gasteiger partial charge in [0.05, 0.1) is 19.0 Å². The van der Waals surface area contributed by atoms with Crippen LogP contribution in [0.4, 0.5) is 14.6 Å². The van der Waals surface area contributed by atoms with Gasteiger partial charge >= 0.3 is 5.97 Å². The SMILES string of the molecule is CCOC(=O)CCCNc1nc(-c2c[nH]c3ncc(F)cc23)ncc1F. The molecule has 0 fully saturated rings. The second kappa shape index (κ2) is 7.85. The molecule has 3 rings (SSSR count). The minimum atomic E-state index is -0.617. The van der Waals surface area contributed by atoms with Gasteiger partial charge in [0.1, 0.15) is 11.5 Å². The van der Waals surface area contributed by atoms with E-state index in [0.717, 1.165) is 12.4 Å². The van der Waals surface area contributed by atoms with Crippen LogP contribution in [0.25, 0.3) is 22.4 Å². The first-order valence-electron chi connectivity index (χ1n) is 8.13. The molecule has 3 aromatic rings. The first-order chi connectivity index (χ1) is 12.6. The van der Waals surface area contributed by atoms with E-state index in [2.05, 4.69) is 25.3 Å². The van der Waals surface area contributed by atoms with Crippen molar-refractivity contribution in [2.24, 2.45) is 0 Å². The molecule has 3 aromatic heterocycles. The van der Waals surface area contributed by atoms with Gasteiger partial charge < -0.3 is 15.0 Å². The Morgan fingerprint density at radius 2 is 2.15 bits per heavy atom. The lowest BCUT2D eigenvalue weighted by Crippen LogP contribution is -2.10. The van der Waals surface area contributed by atoms with Crippen molar-refractivity contribution in [2.45, 2.75) is 19.8 Å². The maximum Gasteiger partial charge on any atom is 0.305 e. The third-order valence-corrected chi connectivity index (χ3v) is 3.64. The molecule has 136 valence electrons. The highest BCUT2D eigenvalue weighted by atomic mass is 19.1. The number of anilines is 1. The van der Waals surface area contributed by atoms with Gasteiger partial charge in [0, 0.05) is 30.1 Å². The van der Waals surface area contributed by atoms with Crippen LogP contribution < -0.4 is 5.32 Å². The van der Waals surface area contributed by atoms with E-state index in [1.54, 1.807) is 13.1 Å². The van der Waals surface area contributed by atoms with Gasteiger partial charge in [0.2, 0.25) is 0 Å². The Morgan fingerprint density at radius 3 is 2.96 bits per heavy atom. The van der Waals surface area contributed by atoms with Gasteiger partial charge in [-0.2, -0.15) is 0 Å². The first kappa shape index (κ1) is 17.7. The van der Waals surface area contributed by atoms with Crippen LogP contribution in [0.5, 0.6) is 0 Å². The van der Waals surface area contributed by atoms with Crippen molar-refractivity contribution in [1.29, 1.82) is 0 Å². The number of ether oxygens (including phenoxy) is 1. The van der Waals surface area contributed by atoms with Gasteiger partial charge in [-0.1, -0.05) is 0 Å². The van der Waals surface area contributed by atoms with E-state index < -0.39 is 11.6 Å². The molecular formula is C17H17F2N5O2. The number of hydrogen-bond donors (Lipinski definition) is 2. The zero-order chi connectivity index (χ0) is 18.5. The van der Waals surface area contributed by atoms with Crippen LogP contribution in [0.3, 0.4) is 0 Å². The molecule has 0 saturated heterocycles. The largest absolute Gasteiger partial charge is 0.466 e. The van der Waals surface area contributed by atoms with Gasteiger partial charge in [-0.3, -0.25) is 4.79 Å². The number of nitrogens with one attached hydrogen (secondary N) is 2. The normalized spacial score (nSPS) is 10.9. The molecule has 0 aliphatic carbocycles. The fourth-order valence-electron chi connectivity index (χ4n) is 2.46. The summed E-state index contributed by atoms with van der Waals surface area (Å²) in [5.41, 5.74) is 1.000. The molecule has 0 radical (unpaired) electrons. The topological polar surface area (TPSA) is 92.8 Å². The van der Waals surface area contributed by atoms with E-state index in [1.807, 2.05) is 0 Å². The van der Waals surface area contributed by atoms with Crippen molar-refractivity contribution in [3.05, 3.63) is 36.3 Å². The smallest absolute Gasteiger partial charge is 0.305 e. The summed E-state index contributed by atoms with van der Waals surface area (Å²) in [5, 5.41) is 3.34. The number of rotatable bonds is 7. The molecule has 0 unspecified atom stereocenters. The van der Waals surface area contributed by atoms with E-state index in [9.17, 15) is 13.6 Å². The summed E-state index contributed by atoms with van der Waals surface area (Å²) in [4.78, 5) is 26.3. The number of aromatic nitrogens is 4.